The predicted molar refractivity (Wildman–Crippen MR) is 94.5 cm³/mol. The third-order valence-corrected chi connectivity index (χ3v) is 3.52. The molecule has 1 aromatic carbocycles. The molecule has 1 atom stereocenters. The Hall–Kier alpha value is -1.30. The van der Waals surface area contributed by atoms with Crippen LogP contribution in [0, 0.1) is 5.92 Å². The molecule has 5 nitrogen and oxygen atoms in total. The van der Waals surface area contributed by atoms with E-state index in [1.165, 1.54) is 0 Å². The monoisotopic (exact) mass is 342 g/mol. The molecule has 130 valence electrons. The lowest BCUT2D eigenvalue weighted by molar-refractivity contribution is -0.119. The molecule has 0 bridgehead atoms. The third kappa shape index (κ3) is 7.68. The van der Waals surface area contributed by atoms with Crippen LogP contribution in [0.3, 0.4) is 0 Å². The standard InChI is InChI=1S/C17H26N2O3.ClH/c1-13(2)7-9-21-15-5-3-14(4-6-15)19-17(20)11-16-12-18-8-10-22-16;/h3-6,13,16,18H,7-12H2,1-2H3,(H,19,20);1H. The smallest absolute Gasteiger partial charge is 0.227 e. The molecule has 0 spiro atoms. The summed E-state index contributed by atoms with van der Waals surface area (Å²) in [6.45, 7) is 7.32. The largest absolute Gasteiger partial charge is 0.494 e. The summed E-state index contributed by atoms with van der Waals surface area (Å²) in [5.41, 5.74) is 0.782. The van der Waals surface area contributed by atoms with Gasteiger partial charge >= 0.3 is 0 Å². The molecule has 1 fully saturated rings. The van der Waals surface area contributed by atoms with Crippen molar-refractivity contribution in [3.8, 4) is 5.75 Å². The van der Waals surface area contributed by atoms with Gasteiger partial charge in [0.1, 0.15) is 5.75 Å². The number of amides is 1. The van der Waals surface area contributed by atoms with E-state index < -0.39 is 0 Å². The van der Waals surface area contributed by atoms with Crippen LogP contribution in [0.25, 0.3) is 0 Å². The summed E-state index contributed by atoms with van der Waals surface area (Å²) < 4.78 is 11.2. The van der Waals surface area contributed by atoms with E-state index in [2.05, 4.69) is 24.5 Å². The van der Waals surface area contributed by atoms with Crippen molar-refractivity contribution >= 4 is 24.0 Å². The minimum atomic E-state index is -0.0348. The van der Waals surface area contributed by atoms with Gasteiger partial charge in [0.05, 0.1) is 25.7 Å². The van der Waals surface area contributed by atoms with E-state index in [0.717, 1.165) is 37.6 Å². The van der Waals surface area contributed by atoms with E-state index in [-0.39, 0.29) is 24.4 Å². The summed E-state index contributed by atoms with van der Waals surface area (Å²) in [7, 11) is 0. The van der Waals surface area contributed by atoms with Crippen LogP contribution in [-0.4, -0.2) is 38.3 Å². The summed E-state index contributed by atoms with van der Waals surface area (Å²) in [6.07, 6.45) is 1.38. The number of hydrogen-bond acceptors (Lipinski definition) is 4. The first-order valence-corrected chi connectivity index (χ1v) is 7.98. The van der Waals surface area contributed by atoms with Gasteiger partial charge in [0.2, 0.25) is 5.91 Å². The maximum Gasteiger partial charge on any atom is 0.227 e. The molecular formula is C17H27ClN2O3. The van der Waals surface area contributed by atoms with Crippen molar-refractivity contribution in [3.05, 3.63) is 24.3 Å². The second-order valence-electron chi connectivity index (χ2n) is 6.00. The Labute approximate surface area is 144 Å². The zero-order valence-electron chi connectivity index (χ0n) is 13.8. The van der Waals surface area contributed by atoms with Gasteiger partial charge in [-0.25, -0.2) is 0 Å². The minimum absolute atomic E-state index is 0. The van der Waals surface area contributed by atoms with Crippen LogP contribution in [0.15, 0.2) is 24.3 Å². The van der Waals surface area contributed by atoms with E-state index in [0.29, 0.717) is 18.9 Å². The number of rotatable bonds is 7. The molecule has 1 heterocycles. The highest BCUT2D eigenvalue weighted by Gasteiger charge is 2.17. The lowest BCUT2D eigenvalue weighted by Gasteiger charge is -2.23. The van der Waals surface area contributed by atoms with Crippen molar-refractivity contribution in [2.45, 2.75) is 32.8 Å². The number of benzene rings is 1. The molecule has 6 heteroatoms. The second-order valence-corrected chi connectivity index (χ2v) is 6.00. The van der Waals surface area contributed by atoms with E-state index in [4.69, 9.17) is 9.47 Å². The van der Waals surface area contributed by atoms with E-state index in [9.17, 15) is 4.79 Å². The van der Waals surface area contributed by atoms with Gasteiger partial charge in [0.15, 0.2) is 0 Å². The molecule has 1 aromatic rings. The number of ether oxygens (including phenoxy) is 2. The third-order valence-electron chi connectivity index (χ3n) is 3.52. The summed E-state index contributed by atoms with van der Waals surface area (Å²) in [5, 5.41) is 6.11. The van der Waals surface area contributed by atoms with Crippen molar-refractivity contribution in [2.24, 2.45) is 5.92 Å². The van der Waals surface area contributed by atoms with Crippen LogP contribution in [0.5, 0.6) is 5.75 Å². The number of morpholine rings is 1. The van der Waals surface area contributed by atoms with Crippen LogP contribution in [0.2, 0.25) is 0 Å². The van der Waals surface area contributed by atoms with Crippen molar-refractivity contribution < 1.29 is 14.3 Å². The number of nitrogens with one attached hydrogen (secondary N) is 2. The molecule has 0 aliphatic carbocycles. The molecule has 2 N–H and O–H groups in total. The Balaban J connectivity index is 0.00000264. The summed E-state index contributed by atoms with van der Waals surface area (Å²) >= 11 is 0. The second kappa shape index (κ2) is 10.5. The molecule has 1 aliphatic heterocycles. The van der Waals surface area contributed by atoms with Crippen LogP contribution in [0.4, 0.5) is 5.69 Å². The predicted octanol–water partition coefficient (Wildman–Crippen LogP) is 2.85. The molecule has 23 heavy (non-hydrogen) atoms. The fourth-order valence-corrected chi connectivity index (χ4v) is 2.22. The van der Waals surface area contributed by atoms with Gasteiger partial charge in [-0.3, -0.25) is 4.79 Å². The number of halogens is 1. The topological polar surface area (TPSA) is 59.6 Å². The van der Waals surface area contributed by atoms with Crippen molar-refractivity contribution in [1.29, 1.82) is 0 Å². The normalized spacial score (nSPS) is 17.4. The zero-order valence-corrected chi connectivity index (χ0v) is 14.7. The maximum absolute atomic E-state index is 12.0. The molecular weight excluding hydrogens is 316 g/mol. The molecule has 0 radical (unpaired) electrons. The van der Waals surface area contributed by atoms with Crippen molar-refractivity contribution in [3.63, 3.8) is 0 Å². The van der Waals surface area contributed by atoms with Gasteiger partial charge in [0, 0.05) is 18.8 Å². The molecule has 0 aromatic heterocycles. The first kappa shape index (κ1) is 19.7. The number of carbonyl (C=O) groups excluding carboxylic acids is 1. The summed E-state index contributed by atoms with van der Waals surface area (Å²) in [5.74, 6) is 1.44. The molecule has 1 amide bonds. The average Bonchev–Trinajstić information content (AvgIpc) is 2.49. The Morgan fingerprint density at radius 2 is 2.13 bits per heavy atom. The van der Waals surface area contributed by atoms with Crippen LogP contribution < -0.4 is 15.4 Å². The Bertz CT molecular complexity index is 459. The summed E-state index contributed by atoms with van der Waals surface area (Å²) in [4.78, 5) is 12.0. The van der Waals surface area contributed by atoms with Crippen molar-refractivity contribution in [2.75, 3.05) is 31.6 Å². The molecule has 1 unspecified atom stereocenters. The van der Waals surface area contributed by atoms with Crippen LogP contribution in [0.1, 0.15) is 26.7 Å². The zero-order chi connectivity index (χ0) is 15.8. The lowest BCUT2D eigenvalue weighted by atomic mass is 10.1. The van der Waals surface area contributed by atoms with Crippen LogP contribution >= 0.6 is 12.4 Å². The SMILES string of the molecule is CC(C)CCOc1ccc(NC(=O)CC2CNCCO2)cc1.Cl. The quantitative estimate of drug-likeness (QED) is 0.800. The fourth-order valence-electron chi connectivity index (χ4n) is 2.22. The molecule has 1 aliphatic rings. The average molecular weight is 343 g/mol. The van der Waals surface area contributed by atoms with Gasteiger partial charge in [-0.05, 0) is 36.6 Å². The number of anilines is 1. The Kier molecular flexibility index (Phi) is 8.99. The fraction of sp³-hybridized carbons (Fsp3) is 0.588. The number of carbonyl (C=O) groups is 1. The minimum Gasteiger partial charge on any atom is -0.494 e. The lowest BCUT2D eigenvalue weighted by Crippen LogP contribution is -2.40. The van der Waals surface area contributed by atoms with Gasteiger partial charge in [0.25, 0.3) is 0 Å². The Morgan fingerprint density at radius 1 is 1.39 bits per heavy atom. The highest BCUT2D eigenvalue weighted by Crippen LogP contribution is 2.17. The first-order chi connectivity index (χ1) is 10.6. The maximum atomic E-state index is 12.0. The van der Waals surface area contributed by atoms with Gasteiger partial charge in [-0.1, -0.05) is 13.8 Å². The highest BCUT2D eigenvalue weighted by atomic mass is 35.5. The highest BCUT2D eigenvalue weighted by molar-refractivity contribution is 5.91. The van der Waals surface area contributed by atoms with Crippen molar-refractivity contribution in [1.82, 2.24) is 5.32 Å². The first-order valence-electron chi connectivity index (χ1n) is 7.98. The molecule has 2 rings (SSSR count). The van der Waals surface area contributed by atoms with Gasteiger partial charge < -0.3 is 20.1 Å². The van der Waals surface area contributed by atoms with Gasteiger partial charge in [-0.15, -0.1) is 12.4 Å². The molecule has 0 saturated carbocycles. The molecule has 1 saturated heterocycles. The van der Waals surface area contributed by atoms with E-state index >= 15 is 0 Å². The van der Waals surface area contributed by atoms with E-state index in [1.807, 2.05) is 24.3 Å². The summed E-state index contributed by atoms with van der Waals surface area (Å²) in [6, 6.07) is 7.49. The van der Waals surface area contributed by atoms with E-state index in [1.54, 1.807) is 0 Å². The van der Waals surface area contributed by atoms with Gasteiger partial charge in [-0.2, -0.15) is 0 Å². The van der Waals surface area contributed by atoms with Crippen LogP contribution in [-0.2, 0) is 9.53 Å². The Morgan fingerprint density at radius 3 is 2.74 bits per heavy atom. The number of hydrogen-bond donors (Lipinski definition) is 2.